The number of amides is 2. The Morgan fingerprint density at radius 2 is 1.71 bits per heavy atom. The molecule has 0 fully saturated rings. The van der Waals surface area contributed by atoms with Gasteiger partial charge in [-0.2, -0.15) is 0 Å². The van der Waals surface area contributed by atoms with Gasteiger partial charge in [0, 0.05) is 23.5 Å². The molecule has 2 rings (SSSR count). The van der Waals surface area contributed by atoms with Gasteiger partial charge in [0.2, 0.25) is 11.8 Å². The van der Waals surface area contributed by atoms with Crippen LogP contribution in [0.1, 0.15) is 51.2 Å². The van der Waals surface area contributed by atoms with Crippen molar-refractivity contribution in [2.24, 2.45) is 0 Å². The van der Waals surface area contributed by atoms with Crippen molar-refractivity contribution in [3.05, 3.63) is 64.1 Å². The molecule has 0 aromatic heterocycles. The van der Waals surface area contributed by atoms with Crippen molar-refractivity contribution in [3.63, 3.8) is 0 Å². The molecule has 0 heterocycles. The maximum Gasteiger partial charge on any atom is 0.242 e. The molecule has 0 saturated carbocycles. The molecule has 6 heteroatoms. The minimum absolute atomic E-state index is 0.0535. The summed E-state index contributed by atoms with van der Waals surface area (Å²) < 4.78 is 6.72. The minimum atomic E-state index is -0.553. The van der Waals surface area contributed by atoms with Gasteiger partial charge in [-0.1, -0.05) is 52.7 Å². The van der Waals surface area contributed by atoms with Crippen LogP contribution in [-0.2, 0) is 16.1 Å². The van der Waals surface area contributed by atoms with Crippen LogP contribution < -0.4 is 10.1 Å². The molecule has 5 nitrogen and oxygen atoms in total. The van der Waals surface area contributed by atoms with Gasteiger partial charge in [0.15, 0.2) is 0 Å². The number of rotatable bonds is 11. The van der Waals surface area contributed by atoms with Gasteiger partial charge in [-0.15, -0.1) is 0 Å². The fraction of sp³-hybridized carbons (Fsp3) is 0.440. The molecule has 0 aliphatic carbocycles. The van der Waals surface area contributed by atoms with Crippen LogP contribution in [0.2, 0.25) is 0 Å². The van der Waals surface area contributed by atoms with Gasteiger partial charge in [-0.05, 0) is 63.4 Å². The second kappa shape index (κ2) is 12.5. The van der Waals surface area contributed by atoms with E-state index in [9.17, 15) is 9.59 Å². The van der Waals surface area contributed by atoms with Crippen molar-refractivity contribution in [2.75, 3.05) is 6.61 Å². The van der Waals surface area contributed by atoms with Gasteiger partial charge in [0.1, 0.15) is 11.8 Å². The molecule has 31 heavy (non-hydrogen) atoms. The van der Waals surface area contributed by atoms with Gasteiger partial charge in [0.05, 0.1) is 6.61 Å². The first-order chi connectivity index (χ1) is 14.8. The highest BCUT2D eigenvalue weighted by Gasteiger charge is 2.26. The second-order valence-corrected chi connectivity index (χ2v) is 8.82. The first-order valence-electron chi connectivity index (χ1n) is 10.8. The third-order valence-electron chi connectivity index (χ3n) is 5.26. The fourth-order valence-electron chi connectivity index (χ4n) is 3.03. The molecular weight excluding hydrogens is 456 g/mol. The second-order valence-electron chi connectivity index (χ2n) is 7.91. The third kappa shape index (κ3) is 8.37. The SMILES string of the molecule is CC[C@H](C)NC(=O)[C@@H](C)N(Cc1ccc(Br)cc1)C(=O)CCCOc1ccc(C)cc1. The van der Waals surface area contributed by atoms with Crippen LogP contribution >= 0.6 is 15.9 Å². The van der Waals surface area contributed by atoms with E-state index in [1.165, 1.54) is 5.56 Å². The van der Waals surface area contributed by atoms with Gasteiger partial charge >= 0.3 is 0 Å². The van der Waals surface area contributed by atoms with E-state index in [0.29, 0.717) is 26.0 Å². The van der Waals surface area contributed by atoms with Crippen LogP contribution in [0.3, 0.4) is 0 Å². The van der Waals surface area contributed by atoms with Crippen molar-refractivity contribution in [1.29, 1.82) is 0 Å². The molecule has 0 saturated heterocycles. The molecule has 0 aliphatic rings. The fourth-order valence-corrected chi connectivity index (χ4v) is 3.29. The average Bonchev–Trinajstić information content (AvgIpc) is 2.76. The normalized spacial score (nSPS) is 12.7. The molecule has 0 radical (unpaired) electrons. The van der Waals surface area contributed by atoms with E-state index in [2.05, 4.69) is 21.2 Å². The summed E-state index contributed by atoms with van der Waals surface area (Å²) in [5.74, 6) is 0.615. The van der Waals surface area contributed by atoms with Crippen LogP contribution in [0.5, 0.6) is 5.75 Å². The first-order valence-corrected chi connectivity index (χ1v) is 11.6. The zero-order valence-electron chi connectivity index (χ0n) is 18.9. The molecule has 168 valence electrons. The summed E-state index contributed by atoms with van der Waals surface area (Å²) >= 11 is 3.43. The number of hydrogen-bond donors (Lipinski definition) is 1. The van der Waals surface area contributed by atoms with Crippen molar-refractivity contribution in [3.8, 4) is 5.75 Å². The Balaban J connectivity index is 1.99. The molecule has 2 aromatic carbocycles. The van der Waals surface area contributed by atoms with Crippen LogP contribution in [0.25, 0.3) is 0 Å². The number of nitrogens with one attached hydrogen (secondary N) is 1. The number of aryl methyl sites for hydroxylation is 1. The largest absolute Gasteiger partial charge is 0.494 e. The lowest BCUT2D eigenvalue weighted by Crippen LogP contribution is -2.49. The zero-order valence-corrected chi connectivity index (χ0v) is 20.4. The summed E-state index contributed by atoms with van der Waals surface area (Å²) in [6.45, 7) is 8.65. The Morgan fingerprint density at radius 3 is 2.32 bits per heavy atom. The van der Waals surface area contributed by atoms with Gasteiger partial charge in [0.25, 0.3) is 0 Å². The minimum Gasteiger partial charge on any atom is -0.494 e. The topological polar surface area (TPSA) is 58.6 Å². The van der Waals surface area contributed by atoms with Crippen LogP contribution in [0.4, 0.5) is 0 Å². The van der Waals surface area contributed by atoms with Crippen LogP contribution in [-0.4, -0.2) is 35.4 Å². The highest BCUT2D eigenvalue weighted by atomic mass is 79.9. The summed E-state index contributed by atoms with van der Waals surface area (Å²) in [7, 11) is 0. The van der Waals surface area contributed by atoms with Gasteiger partial charge < -0.3 is 15.0 Å². The highest BCUT2D eigenvalue weighted by molar-refractivity contribution is 9.10. The number of benzene rings is 2. The maximum absolute atomic E-state index is 13.1. The lowest BCUT2D eigenvalue weighted by Gasteiger charge is -2.29. The van der Waals surface area contributed by atoms with Gasteiger partial charge in [-0.25, -0.2) is 0 Å². The van der Waals surface area contributed by atoms with E-state index in [1.54, 1.807) is 11.8 Å². The molecular formula is C25H33BrN2O3. The standard InChI is InChI=1S/C25H33BrN2O3/c1-5-19(3)27-25(30)20(4)28(17-21-10-12-22(26)13-11-21)24(29)7-6-16-31-23-14-8-18(2)9-15-23/h8-15,19-20H,5-7,16-17H2,1-4H3,(H,27,30)/t19-,20+/m0/s1. The number of hydrogen-bond acceptors (Lipinski definition) is 3. The smallest absolute Gasteiger partial charge is 0.242 e. The van der Waals surface area contributed by atoms with Crippen molar-refractivity contribution in [1.82, 2.24) is 10.2 Å². The number of nitrogens with zero attached hydrogens (tertiary/aromatic N) is 1. The van der Waals surface area contributed by atoms with E-state index in [-0.39, 0.29) is 17.9 Å². The van der Waals surface area contributed by atoms with Gasteiger partial charge in [-0.3, -0.25) is 9.59 Å². The third-order valence-corrected chi connectivity index (χ3v) is 5.79. The number of carbonyl (C=O) groups is 2. The van der Waals surface area contributed by atoms with E-state index in [0.717, 1.165) is 22.2 Å². The predicted octanol–water partition coefficient (Wildman–Crippen LogP) is 5.25. The Morgan fingerprint density at radius 1 is 1.06 bits per heavy atom. The van der Waals surface area contributed by atoms with E-state index >= 15 is 0 Å². The Kier molecular flexibility index (Phi) is 10.0. The lowest BCUT2D eigenvalue weighted by atomic mass is 10.1. The first kappa shape index (κ1) is 24.9. The molecule has 1 N–H and O–H groups in total. The monoisotopic (exact) mass is 488 g/mol. The Hall–Kier alpha value is -2.34. The zero-order chi connectivity index (χ0) is 22.8. The highest BCUT2D eigenvalue weighted by Crippen LogP contribution is 2.16. The summed E-state index contributed by atoms with van der Waals surface area (Å²) in [6, 6.07) is 15.2. The van der Waals surface area contributed by atoms with E-state index in [4.69, 9.17) is 4.74 Å². The van der Waals surface area contributed by atoms with Crippen molar-refractivity contribution in [2.45, 2.75) is 65.6 Å². The average molecular weight is 489 g/mol. The molecule has 0 unspecified atom stereocenters. The van der Waals surface area contributed by atoms with Crippen LogP contribution in [0.15, 0.2) is 53.0 Å². The van der Waals surface area contributed by atoms with Crippen molar-refractivity contribution < 1.29 is 14.3 Å². The van der Waals surface area contributed by atoms with E-state index in [1.807, 2.05) is 69.3 Å². The Labute approximate surface area is 194 Å². The molecule has 2 amide bonds. The Bertz CT molecular complexity index is 837. The quantitative estimate of drug-likeness (QED) is 0.439. The van der Waals surface area contributed by atoms with E-state index < -0.39 is 6.04 Å². The summed E-state index contributed by atoms with van der Waals surface area (Å²) in [5, 5.41) is 2.99. The van der Waals surface area contributed by atoms with Crippen LogP contribution in [0, 0.1) is 6.92 Å². The molecule has 0 aliphatic heterocycles. The number of halogens is 1. The summed E-state index contributed by atoms with van der Waals surface area (Å²) in [6.07, 6.45) is 1.75. The molecule has 2 aromatic rings. The number of carbonyl (C=O) groups excluding carboxylic acids is 2. The number of ether oxygens (including phenoxy) is 1. The summed E-state index contributed by atoms with van der Waals surface area (Å²) in [4.78, 5) is 27.4. The van der Waals surface area contributed by atoms with Crippen molar-refractivity contribution >= 4 is 27.7 Å². The predicted molar refractivity (Wildman–Crippen MR) is 128 cm³/mol. The maximum atomic E-state index is 13.1. The molecule has 0 spiro atoms. The molecule has 0 bridgehead atoms. The summed E-state index contributed by atoms with van der Waals surface area (Å²) in [5.41, 5.74) is 2.16. The molecule has 2 atom stereocenters. The lowest BCUT2D eigenvalue weighted by molar-refractivity contribution is -0.141.